The molecule has 1 heteroatoms. The molecule has 9 aromatic rings. The first kappa shape index (κ1) is 29.7. The fourth-order valence-corrected chi connectivity index (χ4v) is 8.66. The van der Waals surface area contributed by atoms with Gasteiger partial charge in [0, 0.05) is 10.8 Å². The number of hydrogen-bond donors (Lipinski definition) is 0. The third-order valence-corrected chi connectivity index (χ3v) is 12.0. The first-order valence-corrected chi connectivity index (χ1v) is 17.4. The molecule has 0 bridgehead atoms. The van der Waals surface area contributed by atoms with Gasteiger partial charge in [-0.15, -0.1) is 0 Å². The molecule has 49 heavy (non-hydrogen) atoms. The Labute approximate surface area is 287 Å². The van der Waals surface area contributed by atoms with E-state index in [1.54, 1.807) is 0 Å². The van der Waals surface area contributed by atoms with Gasteiger partial charge in [-0.25, -0.2) is 0 Å². The number of benzene rings is 8. The van der Waals surface area contributed by atoms with Crippen LogP contribution >= 0.6 is 0 Å². The van der Waals surface area contributed by atoms with Crippen molar-refractivity contribution in [1.29, 1.82) is 0 Å². The van der Waals surface area contributed by atoms with Crippen LogP contribution in [0.1, 0.15) is 44.5 Å². The van der Waals surface area contributed by atoms with Crippen LogP contribution in [0.15, 0.2) is 101 Å². The molecule has 238 valence electrons. The minimum Gasteiger partial charge on any atom is -0.456 e. The van der Waals surface area contributed by atoms with Gasteiger partial charge in [0.2, 0.25) is 0 Å². The van der Waals surface area contributed by atoms with E-state index in [0.717, 1.165) is 21.9 Å². The summed E-state index contributed by atoms with van der Waals surface area (Å²) in [7, 11) is 0. The molecule has 0 saturated heterocycles. The van der Waals surface area contributed by atoms with Crippen molar-refractivity contribution in [3.05, 3.63) is 142 Å². The molecule has 1 nitrogen and oxygen atoms in total. The highest BCUT2D eigenvalue weighted by molar-refractivity contribution is 6.26. The zero-order valence-electron chi connectivity index (χ0n) is 29.6. The predicted octanol–water partition coefficient (Wildman–Crippen LogP) is 14.0. The first-order valence-electron chi connectivity index (χ1n) is 17.4. The fraction of sp³-hybridized carbons (Fsp3) is 0.167. The van der Waals surface area contributed by atoms with E-state index >= 15 is 0 Å². The van der Waals surface area contributed by atoms with Gasteiger partial charge in [0.25, 0.3) is 0 Å². The number of aryl methyl sites for hydroxylation is 4. The monoisotopic (exact) mass is 632 g/mol. The molecule has 1 aromatic heterocycles. The average Bonchev–Trinajstić information content (AvgIpc) is 3.48. The zero-order chi connectivity index (χ0) is 33.9. The summed E-state index contributed by atoms with van der Waals surface area (Å²) in [4.78, 5) is 0. The minimum atomic E-state index is 0.926. The molecular weight excluding hydrogens is 593 g/mol. The van der Waals surface area contributed by atoms with Crippen molar-refractivity contribution in [2.24, 2.45) is 0 Å². The van der Waals surface area contributed by atoms with Crippen LogP contribution in [0.4, 0.5) is 0 Å². The van der Waals surface area contributed by atoms with Crippen molar-refractivity contribution in [3.63, 3.8) is 0 Å². The summed E-state index contributed by atoms with van der Waals surface area (Å²) >= 11 is 0. The van der Waals surface area contributed by atoms with E-state index in [2.05, 4.69) is 152 Å². The molecule has 0 N–H and O–H groups in total. The lowest BCUT2D eigenvalue weighted by atomic mass is 9.76. The van der Waals surface area contributed by atoms with E-state index in [9.17, 15) is 0 Å². The highest BCUT2D eigenvalue weighted by Crippen LogP contribution is 2.51. The van der Waals surface area contributed by atoms with Crippen molar-refractivity contribution >= 4 is 65.0 Å². The molecule has 0 amide bonds. The lowest BCUT2D eigenvalue weighted by molar-refractivity contribution is 0.669. The molecule has 9 rings (SSSR count). The maximum absolute atomic E-state index is 6.49. The maximum Gasteiger partial charge on any atom is 0.136 e. The highest BCUT2D eigenvalue weighted by Gasteiger charge is 2.26. The van der Waals surface area contributed by atoms with Gasteiger partial charge < -0.3 is 4.42 Å². The average molecular weight is 633 g/mol. The number of fused-ring (bicyclic) bond motifs is 7. The van der Waals surface area contributed by atoms with Crippen LogP contribution in [0.25, 0.3) is 87.3 Å². The van der Waals surface area contributed by atoms with E-state index in [1.807, 2.05) is 0 Å². The van der Waals surface area contributed by atoms with Gasteiger partial charge in [0.1, 0.15) is 11.2 Å². The van der Waals surface area contributed by atoms with Gasteiger partial charge in [0.05, 0.1) is 0 Å². The van der Waals surface area contributed by atoms with E-state index in [4.69, 9.17) is 4.42 Å². The third kappa shape index (κ3) is 4.12. The van der Waals surface area contributed by atoms with E-state index in [-0.39, 0.29) is 0 Å². The lowest BCUT2D eigenvalue weighted by Gasteiger charge is -2.27. The Hall–Kier alpha value is -5.40. The van der Waals surface area contributed by atoms with E-state index in [0.29, 0.717) is 0 Å². The molecule has 0 radical (unpaired) electrons. The van der Waals surface area contributed by atoms with Crippen LogP contribution < -0.4 is 0 Å². The molecule has 0 atom stereocenters. The molecule has 0 spiro atoms. The fourth-order valence-electron chi connectivity index (χ4n) is 8.66. The van der Waals surface area contributed by atoms with Crippen LogP contribution in [0.2, 0.25) is 0 Å². The summed E-state index contributed by atoms with van der Waals surface area (Å²) in [5.41, 5.74) is 18.0. The number of furan rings is 1. The summed E-state index contributed by atoms with van der Waals surface area (Å²) < 4.78 is 6.49. The quantitative estimate of drug-likeness (QED) is 0.173. The third-order valence-electron chi connectivity index (χ3n) is 12.0. The standard InChI is InChI=1S/C48H40O/c1-25-27(3)31(7)45-43(29(25)5)47(37-18-17-33-13-9-10-14-34(33)21-37)44-30(6)26(2)28(4)32(8)46(44)48(45)38-19-20-41-39(23-38)40-22-35-15-11-12-16-36(35)24-42(40)49-41/h9-24H,1-8H3. The smallest absolute Gasteiger partial charge is 0.136 e. The second kappa shape index (κ2) is 10.5. The molecule has 8 aromatic carbocycles. The van der Waals surface area contributed by atoms with Gasteiger partial charge in [-0.05, 0) is 196 Å². The second-order valence-electron chi connectivity index (χ2n) is 14.3. The van der Waals surface area contributed by atoms with Crippen LogP contribution in [0.3, 0.4) is 0 Å². The Bertz CT molecular complexity index is 2810. The van der Waals surface area contributed by atoms with Crippen molar-refractivity contribution in [2.75, 3.05) is 0 Å². The molecule has 0 aliphatic rings. The zero-order valence-corrected chi connectivity index (χ0v) is 29.6. The van der Waals surface area contributed by atoms with Gasteiger partial charge in [-0.3, -0.25) is 0 Å². The summed E-state index contributed by atoms with van der Waals surface area (Å²) in [6.07, 6.45) is 0. The summed E-state index contributed by atoms with van der Waals surface area (Å²) in [5.74, 6) is 0. The molecule has 0 unspecified atom stereocenters. The van der Waals surface area contributed by atoms with Crippen LogP contribution in [0.5, 0.6) is 0 Å². The highest BCUT2D eigenvalue weighted by atomic mass is 16.3. The van der Waals surface area contributed by atoms with Gasteiger partial charge in [-0.2, -0.15) is 0 Å². The first-order chi connectivity index (χ1) is 23.6. The Balaban J connectivity index is 1.51. The molecule has 1 heterocycles. The molecule has 0 aliphatic heterocycles. The van der Waals surface area contributed by atoms with Gasteiger partial charge >= 0.3 is 0 Å². The van der Waals surface area contributed by atoms with Crippen molar-refractivity contribution in [2.45, 2.75) is 55.4 Å². The molecule has 0 aliphatic carbocycles. The molecule has 0 fully saturated rings. The summed E-state index contributed by atoms with van der Waals surface area (Å²) in [6, 6.07) is 35.7. The Morgan fingerprint density at radius 3 is 1.27 bits per heavy atom. The molecule has 0 saturated carbocycles. The van der Waals surface area contributed by atoms with E-state index < -0.39 is 0 Å². The normalized spacial score (nSPS) is 12.1. The molecular formula is C48H40O. The van der Waals surface area contributed by atoms with Crippen LogP contribution in [0, 0.1) is 55.4 Å². The Morgan fingerprint density at radius 2 is 0.735 bits per heavy atom. The largest absolute Gasteiger partial charge is 0.456 e. The van der Waals surface area contributed by atoms with Crippen molar-refractivity contribution in [3.8, 4) is 22.3 Å². The SMILES string of the molecule is Cc1c(C)c(C)c2c(-c3ccc4oc5cc6ccccc6cc5c4c3)c3c(C)c(C)c(C)c(C)c3c(-c3ccc4ccccc4c3)c2c1C. The minimum absolute atomic E-state index is 0.926. The topological polar surface area (TPSA) is 13.1 Å². The van der Waals surface area contributed by atoms with Crippen molar-refractivity contribution in [1.82, 2.24) is 0 Å². The second-order valence-corrected chi connectivity index (χ2v) is 14.3. The maximum atomic E-state index is 6.49. The Morgan fingerprint density at radius 1 is 0.327 bits per heavy atom. The summed E-state index contributed by atoms with van der Waals surface area (Å²) in [6.45, 7) is 18.6. The van der Waals surface area contributed by atoms with Crippen molar-refractivity contribution < 1.29 is 4.42 Å². The van der Waals surface area contributed by atoms with E-state index in [1.165, 1.54) is 110 Å². The lowest BCUT2D eigenvalue weighted by Crippen LogP contribution is -2.03. The number of hydrogen-bond acceptors (Lipinski definition) is 1. The summed E-state index contributed by atoms with van der Waals surface area (Å²) in [5, 5.41) is 12.7. The van der Waals surface area contributed by atoms with Crippen LogP contribution in [-0.2, 0) is 0 Å². The predicted molar refractivity (Wildman–Crippen MR) is 213 cm³/mol. The van der Waals surface area contributed by atoms with Crippen LogP contribution in [-0.4, -0.2) is 0 Å². The van der Waals surface area contributed by atoms with Gasteiger partial charge in [-0.1, -0.05) is 66.7 Å². The number of rotatable bonds is 2. The Kier molecular flexibility index (Phi) is 6.40. The van der Waals surface area contributed by atoms with Gasteiger partial charge in [0.15, 0.2) is 0 Å².